The first kappa shape index (κ1) is 15.8. The Morgan fingerprint density at radius 3 is 2.67 bits per heavy atom. The van der Waals surface area contributed by atoms with Crippen LogP contribution in [0.4, 0.5) is 0 Å². The quantitative estimate of drug-likeness (QED) is 0.443. The number of methoxy groups -OCH3 is 1. The number of carbonyl (C=O) groups excluding carboxylic acids is 2. The van der Waals surface area contributed by atoms with Gasteiger partial charge >= 0.3 is 5.97 Å². The fourth-order valence-electron chi connectivity index (χ4n) is 2.59. The third-order valence-corrected chi connectivity index (χ3v) is 3.80. The third kappa shape index (κ3) is 3.15. The van der Waals surface area contributed by atoms with Gasteiger partial charge < -0.3 is 14.5 Å². The Hall–Kier alpha value is -3.08. The molecule has 0 aliphatic carbocycles. The number of ketones is 1. The molecule has 5 heteroatoms. The first-order chi connectivity index (χ1) is 11.6. The molecule has 0 unspecified atom stereocenters. The highest BCUT2D eigenvalue weighted by Gasteiger charge is 2.15. The van der Waals surface area contributed by atoms with Crippen LogP contribution < -0.4 is 9.47 Å². The monoisotopic (exact) mass is 323 g/mol. The molecule has 2 aromatic carbocycles. The second-order valence-electron chi connectivity index (χ2n) is 5.43. The SMILES string of the molecule is COc1ccc(OC(=O)Cc2c[nH]c3ccccc23)c(C(C)=O)c1. The van der Waals surface area contributed by atoms with Crippen LogP contribution in [0.2, 0.25) is 0 Å². The van der Waals surface area contributed by atoms with Crippen molar-refractivity contribution in [3.8, 4) is 11.5 Å². The van der Waals surface area contributed by atoms with E-state index in [1.807, 2.05) is 24.3 Å². The van der Waals surface area contributed by atoms with Gasteiger partial charge in [-0.1, -0.05) is 18.2 Å². The summed E-state index contributed by atoms with van der Waals surface area (Å²) in [5.41, 5.74) is 2.14. The average molecular weight is 323 g/mol. The maximum Gasteiger partial charge on any atom is 0.315 e. The molecule has 5 nitrogen and oxygen atoms in total. The standard InChI is InChI=1S/C19H17NO4/c1-12(21)16-10-14(23-2)7-8-18(16)24-19(22)9-13-11-20-17-6-4-3-5-15(13)17/h3-8,10-11,20H,9H2,1-2H3. The highest BCUT2D eigenvalue weighted by atomic mass is 16.5. The highest BCUT2D eigenvalue weighted by Crippen LogP contribution is 2.25. The molecule has 0 amide bonds. The molecular formula is C19H17NO4. The summed E-state index contributed by atoms with van der Waals surface area (Å²) >= 11 is 0. The Morgan fingerprint density at radius 2 is 1.92 bits per heavy atom. The minimum absolute atomic E-state index is 0.118. The van der Waals surface area contributed by atoms with Crippen molar-refractivity contribution in [2.75, 3.05) is 7.11 Å². The zero-order valence-electron chi connectivity index (χ0n) is 13.5. The van der Waals surface area contributed by atoms with Gasteiger partial charge in [0.25, 0.3) is 0 Å². The van der Waals surface area contributed by atoms with Crippen molar-refractivity contribution in [1.29, 1.82) is 0 Å². The van der Waals surface area contributed by atoms with Gasteiger partial charge in [-0.3, -0.25) is 9.59 Å². The number of aromatic nitrogens is 1. The second-order valence-corrected chi connectivity index (χ2v) is 5.43. The average Bonchev–Trinajstić information content (AvgIpc) is 2.98. The molecule has 1 heterocycles. The van der Waals surface area contributed by atoms with Gasteiger partial charge in [-0.05, 0) is 36.8 Å². The predicted octanol–water partition coefficient (Wildman–Crippen LogP) is 3.53. The van der Waals surface area contributed by atoms with Crippen molar-refractivity contribution in [3.05, 3.63) is 59.8 Å². The Morgan fingerprint density at radius 1 is 1.12 bits per heavy atom. The molecule has 0 fully saturated rings. The van der Waals surface area contributed by atoms with Crippen LogP contribution in [0.1, 0.15) is 22.8 Å². The molecule has 0 bridgehead atoms. The van der Waals surface area contributed by atoms with Crippen LogP contribution >= 0.6 is 0 Å². The lowest BCUT2D eigenvalue weighted by molar-refractivity contribution is -0.133. The molecule has 3 aromatic rings. The predicted molar refractivity (Wildman–Crippen MR) is 90.6 cm³/mol. The van der Waals surface area contributed by atoms with E-state index in [2.05, 4.69) is 4.98 Å². The first-order valence-corrected chi connectivity index (χ1v) is 7.53. The van der Waals surface area contributed by atoms with Crippen molar-refractivity contribution in [1.82, 2.24) is 4.98 Å². The van der Waals surface area contributed by atoms with Crippen molar-refractivity contribution >= 4 is 22.7 Å². The van der Waals surface area contributed by atoms with Gasteiger partial charge in [-0.25, -0.2) is 0 Å². The molecule has 0 atom stereocenters. The Balaban J connectivity index is 1.81. The molecule has 0 aliphatic rings. The summed E-state index contributed by atoms with van der Waals surface area (Å²) in [6.07, 6.45) is 1.92. The summed E-state index contributed by atoms with van der Waals surface area (Å²) in [6.45, 7) is 1.42. The number of carbonyl (C=O) groups is 2. The molecule has 122 valence electrons. The summed E-state index contributed by atoms with van der Waals surface area (Å²) in [5, 5.41) is 0.982. The van der Waals surface area contributed by atoms with E-state index in [4.69, 9.17) is 9.47 Å². The number of rotatable bonds is 5. The second kappa shape index (κ2) is 6.58. The van der Waals surface area contributed by atoms with E-state index < -0.39 is 5.97 Å². The maximum atomic E-state index is 12.3. The van der Waals surface area contributed by atoms with E-state index in [0.717, 1.165) is 16.5 Å². The van der Waals surface area contributed by atoms with Crippen LogP contribution in [0.5, 0.6) is 11.5 Å². The summed E-state index contributed by atoms with van der Waals surface area (Å²) < 4.78 is 10.5. The molecule has 3 rings (SSSR count). The topological polar surface area (TPSA) is 68.4 Å². The minimum atomic E-state index is -0.424. The number of Topliss-reactive ketones (excluding diaryl/α,β-unsaturated/α-hetero) is 1. The molecule has 0 radical (unpaired) electrons. The van der Waals surface area contributed by atoms with E-state index in [1.54, 1.807) is 24.4 Å². The molecule has 1 N–H and O–H groups in total. The van der Waals surface area contributed by atoms with Crippen LogP contribution in [-0.2, 0) is 11.2 Å². The lowest BCUT2D eigenvalue weighted by Crippen LogP contribution is -2.13. The number of esters is 1. The van der Waals surface area contributed by atoms with Crippen LogP contribution in [-0.4, -0.2) is 23.8 Å². The van der Waals surface area contributed by atoms with Crippen molar-refractivity contribution in [3.63, 3.8) is 0 Å². The number of ether oxygens (including phenoxy) is 2. The van der Waals surface area contributed by atoms with Crippen molar-refractivity contribution in [2.24, 2.45) is 0 Å². The lowest BCUT2D eigenvalue weighted by Gasteiger charge is -2.09. The Labute approximate surface area is 139 Å². The first-order valence-electron chi connectivity index (χ1n) is 7.53. The molecule has 1 aromatic heterocycles. The number of aromatic amines is 1. The molecule has 0 aliphatic heterocycles. The number of benzene rings is 2. The minimum Gasteiger partial charge on any atom is -0.497 e. The van der Waals surface area contributed by atoms with Gasteiger partial charge in [0.1, 0.15) is 11.5 Å². The van der Waals surface area contributed by atoms with Gasteiger partial charge in [0.05, 0.1) is 19.1 Å². The highest BCUT2D eigenvalue weighted by molar-refractivity contribution is 5.98. The van der Waals surface area contributed by atoms with Crippen LogP contribution in [0, 0.1) is 0 Å². The largest absolute Gasteiger partial charge is 0.497 e. The van der Waals surface area contributed by atoms with Gasteiger partial charge in [-0.2, -0.15) is 0 Å². The van der Waals surface area contributed by atoms with Crippen LogP contribution in [0.3, 0.4) is 0 Å². The Bertz CT molecular complexity index is 911. The molecule has 0 saturated heterocycles. The number of nitrogens with one attached hydrogen (secondary N) is 1. The van der Waals surface area contributed by atoms with Gasteiger partial charge in [0.15, 0.2) is 5.78 Å². The number of H-pyrrole nitrogens is 1. The maximum absolute atomic E-state index is 12.3. The fourth-order valence-corrected chi connectivity index (χ4v) is 2.59. The smallest absolute Gasteiger partial charge is 0.315 e. The number of fused-ring (bicyclic) bond motifs is 1. The van der Waals surface area contributed by atoms with E-state index >= 15 is 0 Å². The van der Waals surface area contributed by atoms with E-state index in [9.17, 15) is 9.59 Å². The molecule has 0 spiro atoms. The summed E-state index contributed by atoms with van der Waals surface area (Å²) in [4.78, 5) is 27.2. The normalized spacial score (nSPS) is 10.6. The molecule has 24 heavy (non-hydrogen) atoms. The molecule has 0 saturated carbocycles. The molecular weight excluding hydrogens is 306 g/mol. The Kier molecular flexibility index (Phi) is 4.33. The van der Waals surface area contributed by atoms with Crippen molar-refractivity contribution < 1.29 is 19.1 Å². The zero-order valence-corrected chi connectivity index (χ0v) is 13.5. The number of para-hydroxylation sites is 1. The van der Waals surface area contributed by atoms with E-state index in [-0.39, 0.29) is 18.0 Å². The van der Waals surface area contributed by atoms with E-state index in [0.29, 0.717) is 11.3 Å². The third-order valence-electron chi connectivity index (χ3n) is 3.80. The number of hydrogen-bond donors (Lipinski definition) is 1. The lowest BCUT2D eigenvalue weighted by atomic mass is 10.1. The van der Waals surface area contributed by atoms with Gasteiger partial charge in [0.2, 0.25) is 0 Å². The zero-order chi connectivity index (χ0) is 17.1. The van der Waals surface area contributed by atoms with E-state index in [1.165, 1.54) is 14.0 Å². The van der Waals surface area contributed by atoms with Crippen LogP contribution in [0.15, 0.2) is 48.7 Å². The van der Waals surface area contributed by atoms with Gasteiger partial charge in [0, 0.05) is 17.1 Å². The summed E-state index contributed by atoms with van der Waals surface area (Å²) in [5.74, 6) is 0.168. The van der Waals surface area contributed by atoms with Gasteiger partial charge in [-0.15, -0.1) is 0 Å². The summed E-state index contributed by atoms with van der Waals surface area (Å²) in [7, 11) is 1.52. The van der Waals surface area contributed by atoms with Crippen LogP contribution in [0.25, 0.3) is 10.9 Å². The fraction of sp³-hybridized carbons (Fsp3) is 0.158. The number of hydrogen-bond acceptors (Lipinski definition) is 4. The van der Waals surface area contributed by atoms with Crippen molar-refractivity contribution in [2.45, 2.75) is 13.3 Å². The summed E-state index contributed by atoms with van der Waals surface area (Å²) in [6, 6.07) is 12.5.